The van der Waals surface area contributed by atoms with E-state index in [4.69, 9.17) is 11.6 Å². The highest BCUT2D eigenvalue weighted by Crippen LogP contribution is 2.24. The lowest BCUT2D eigenvalue weighted by atomic mass is 9.96. The molecule has 0 radical (unpaired) electrons. The van der Waals surface area contributed by atoms with Gasteiger partial charge in [0.1, 0.15) is 0 Å². The highest BCUT2D eigenvalue weighted by molar-refractivity contribution is 7.88. The summed E-state index contributed by atoms with van der Waals surface area (Å²) in [6.07, 6.45) is 1.37. The second kappa shape index (κ2) is 9.50. The molecule has 0 aliphatic carbocycles. The van der Waals surface area contributed by atoms with Crippen LogP contribution in [0.1, 0.15) is 48.1 Å². The third kappa shape index (κ3) is 5.62. The van der Waals surface area contributed by atoms with Gasteiger partial charge in [-0.15, -0.1) is 0 Å². The largest absolute Gasteiger partial charge is 0.349 e. The molecule has 1 saturated heterocycles. The molecule has 0 spiro atoms. The van der Waals surface area contributed by atoms with Crippen LogP contribution in [-0.2, 0) is 20.6 Å². The van der Waals surface area contributed by atoms with Crippen LogP contribution in [0.3, 0.4) is 0 Å². The Labute approximate surface area is 184 Å². The predicted octanol–water partition coefficient (Wildman–Crippen LogP) is 4.38. The molecule has 0 unspecified atom stereocenters. The molecule has 7 heteroatoms. The van der Waals surface area contributed by atoms with Crippen molar-refractivity contribution in [2.24, 2.45) is 5.92 Å². The molecular formula is C23H29ClN2O3S. The number of nitrogens with zero attached hydrogens (tertiary/aromatic N) is 1. The lowest BCUT2D eigenvalue weighted by Crippen LogP contribution is -2.46. The lowest BCUT2D eigenvalue weighted by molar-refractivity contribution is -0.126. The van der Waals surface area contributed by atoms with E-state index in [0.717, 1.165) is 16.7 Å². The van der Waals surface area contributed by atoms with E-state index in [1.165, 1.54) is 4.31 Å². The topological polar surface area (TPSA) is 66.5 Å². The zero-order valence-corrected chi connectivity index (χ0v) is 19.3. The van der Waals surface area contributed by atoms with Crippen LogP contribution in [-0.4, -0.2) is 31.7 Å². The number of hydrogen-bond donors (Lipinski definition) is 1. The predicted molar refractivity (Wildman–Crippen MR) is 121 cm³/mol. The first-order chi connectivity index (χ1) is 14.2. The summed E-state index contributed by atoms with van der Waals surface area (Å²) in [5.41, 5.74) is 4.05. The van der Waals surface area contributed by atoms with E-state index in [1.807, 2.05) is 20.8 Å². The summed E-state index contributed by atoms with van der Waals surface area (Å²) in [5.74, 6) is -0.515. The van der Waals surface area contributed by atoms with Gasteiger partial charge in [-0.05, 0) is 62.4 Å². The van der Waals surface area contributed by atoms with Gasteiger partial charge < -0.3 is 5.32 Å². The number of rotatable bonds is 6. The Morgan fingerprint density at radius 3 is 2.60 bits per heavy atom. The van der Waals surface area contributed by atoms with Gasteiger partial charge in [-0.3, -0.25) is 4.79 Å². The molecule has 0 saturated carbocycles. The summed E-state index contributed by atoms with van der Waals surface area (Å²) >= 11 is 5.89. The van der Waals surface area contributed by atoms with E-state index in [-0.39, 0.29) is 30.2 Å². The Balaban J connectivity index is 1.65. The molecule has 30 heavy (non-hydrogen) atoms. The van der Waals surface area contributed by atoms with Crippen molar-refractivity contribution in [3.63, 3.8) is 0 Å². The maximum Gasteiger partial charge on any atom is 0.224 e. The van der Waals surface area contributed by atoms with Gasteiger partial charge in [-0.25, -0.2) is 12.7 Å². The molecule has 1 aliphatic heterocycles. The number of hydrogen-bond acceptors (Lipinski definition) is 3. The summed E-state index contributed by atoms with van der Waals surface area (Å²) < 4.78 is 27.2. The van der Waals surface area contributed by atoms with E-state index in [9.17, 15) is 13.2 Å². The van der Waals surface area contributed by atoms with E-state index in [2.05, 4.69) is 23.5 Å². The molecule has 162 valence electrons. The Hall–Kier alpha value is -1.89. The second-order valence-corrected chi connectivity index (χ2v) is 10.6. The van der Waals surface area contributed by atoms with E-state index in [0.29, 0.717) is 30.0 Å². The van der Waals surface area contributed by atoms with E-state index < -0.39 is 10.0 Å². The van der Waals surface area contributed by atoms with Crippen LogP contribution in [0.15, 0.2) is 42.5 Å². The Morgan fingerprint density at radius 2 is 1.90 bits per heavy atom. The van der Waals surface area contributed by atoms with Crippen LogP contribution in [0, 0.1) is 19.8 Å². The number of piperidine rings is 1. The van der Waals surface area contributed by atoms with Crippen LogP contribution < -0.4 is 5.32 Å². The average Bonchev–Trinajstić information content (AvgIpc) is 2.71. The molecule has 2 aromatic rings. The Kier molecular flexibility index (Phi) is 7.22. The van der Waals surface area contributed by atoms with Gasteiger partial charge in [0.15, 0.2) is 0 Å². The SMILES string of the molecule is Cc1ccc(C)c([C@H](C)NC(=O)[C@@H]2CCCN(S(=O)(=O)Cc3ccc(Cl)cc3)C2)c1. The number of nitrogens with one attached hydrogen (secondary N) is 1. The first-order valence-electron chi connectivity index (χ1n) is 10.3. The van der Waals surface area contributed by atoms with Crippen molar-refractivity contribution in [2.45, 2.75) is 45.4 Å². The molecule has 0 aromatic heterocycles. The summed E-state index contributed by atoms with van der Waals surface area (Å²) in [5, 5.41) is 3.66. The molecule has 1 amide bonds. The molecule has 3 rings (SSSR count). The van der Waals surface area contributed by atoms with Crippen molar-refractivity contribution in [1.82, 2.24) is 9.62 Å². The van der Waals surface area contributed by atoms with Crippen molar-refractivity contribution in [2.75, 3.05) is 13.1 Å². The first kappa shape index (κ1) is 22.8. The Morgan fingerprint density at radius 1 is 1.20 bits per heavy atom. The number of carbonyl (C=O) groups is 1. The standard InChI is InChI=1S/C23H29ClN2O3S/c1-16-6-7-17(2)22(13-16)18(3)25-23(27)20-5-4-12-26(14-20)30(28,29)15-19-8-10-21(24)11-9-19/h6-11,13,18,20H,4-5,12,14-15H2,1-3H3,(H,25,27)/t18-,20+/m0/s1. The number of benzene rings is 2. The minimum absolute atomic E-state index is 0.0859. The van der Waals surface area contributed by atoms with Crippen LogP contribution in [0.4, 0.5) is 0 Å². The maximum atomic E-state index is 12.9. The normalized spacial score (nSPS) is 18.7. The van der Waals surface area contributed by atoms with Crippen LogP contribution in [0.2, 0.25) is 5.02 Å². The van der Waals surface area contributed by atoms with Gasteiger partial charge in [0.2, 0.25) is 15.9 Å². The highest BCUT2D eigenvalue weighted by atomic mass is 35.5. The molecule has 5 nitrogen and oxygen atoms in total. The minimum Gasteiger partial charge on any atom is -0.349 e. The molecule has 2 atom stereocenters. The summed E-state index contributed by atoms with van der Waals surface area (Å²) in [6.45, 7) is 6.70. The van der Waals surface area contributed by atoms with Crippen molar-refractivity contribution in [1.29, 1.82) is 0 Å². The summed E-state index contributed by atoms with van der Waals surface area (Å²) in [6, 6.07) is 12.9. The molecular weight excluding hydrogens is 420 g/mol. The molecule has 1 fully saturated rings. The highest BCUT2D eigenvalue weighted by Gasteiger charge is 2.33. The zero-order chi connectivity index (χ0) is 21.9. The van der Waals surface area contributed by atoms with Gasteiger partial charge in [-0.1, -0.05) is 47.5 Å². The Bertz CT molecular complexity index is 1010. The molecule has 1 aliphatic rings. The van der Waals surface area contributed by atoms with Crippen LogP contribution >= 0.6 is 11.6 Å². The zero-order valence-electron chi connectivity index (χ0n) is 17.7. The van der Waals surface area contributed by atoms with Gasteiger partial charge in [0.25, 0.3) is 0 Å². The van der Waals surface area contributed by atoms with Gasteiger partial charge >= 0.3 is 0 Å². The third-order valence-corrected chi connectivity index (χ3v) is 7.74. The van der Waals surface area contributed by atoms with Gasteiger partial charge in [-0.2, -0.15) is 0 Å². The molecule has 1 heterocycles. The first-order valence-corrected chi connectivity index (χ1v) is 12.2. The van der Waals surface area contributed by atoms with Crippen molar-refractivity contribution < 1.29 is 13.2 Å². The van der Waals surface area contributed by atoms with Gasteiger partial charge in [0, 0.05) is 18.1 Å². The molecule has 2 aromatic carbocycles. The molecule has 0 bridgehead atoms. The number of aryl methyl sites for hydroxylation is 2. The second-order valence-electron chi connectivity index (χ2n) is 8.17. The number of carbonyl (C=O) groups excluding carboxylic acids is 1. The van der Waals surface area contributed by atoms with E-state index in [1.54, 1.807) is 24.3 Å². The van der Waals surface area contributed by atoms with Crippen molar-refractivity contribution in [3.8, 4) is 0 Å². The van der Waals surface area contributed by atoms with Crippen LogP contribution in [0.5, 0.6) is 0 Å². The summed E-state index contributed by atoms with van der Waals surface area (Å²) in [7, 11) is -3.50. The third-order valence-electron chi connectivity index (χ3n) is 5.67. The fourth-order valence-corrected chi connectivity index (χ4v) is 5.66. The maximum absolute atomic E-state index is 12.9. The number of amides is 1. The van der Waals surface area contributed by atoms with Gasteiger partial charge in [0.05, 0.1) is 17.7 Å². The molecule has 1 N–H and O–H groups in total. The lowest BCUT2D eigenvalue weighted by Gasteiger charge is -2.32. The summed E-state index contributed by atoms with van der Waals surface area (Å²) in [4.78, 5) is 12.9. The van der Waals surface area contributed by atoms with Crippen molar-refractivity contribution in [3.05, 3.63) is 69.7 Å². The van der Waals surface area contributed by atoms with E-state index >= 15 is 0 Å². The quantitative estimate of drug-likeness (QED) is 0.713. The van der Waals surface area contributed by atoms with Crippen LogP contribution in [0.25, 0.3) is 0 Å². The average molecular weight is 449 g/mol. The fourth-order valence-electron chi connectivity index (χ4n) is 3.93. The monoisotopic (exact) mass is 448 g/mol. The number of sulfonamides is 1. The minimum atomic E-state index is -3.50. The number of halogens is 1. The van der Waals surface area contributed by atoms with Crippen molar-refractivity contribution >= 4 is 27.5 Å². The smallest absolute Gasteiger partial charge is 0.224 e. The fraction of sp³-hybridized carbons (Fsp3) is 0.435.